The number of fused-ring (bicyclic) bond motifs is 1. The first-order chi connectivity index (χ1) is 11.7. The quantitative estimate of drug-likeness (QED) is 0.565. The van der Waals surface area contributed by atoms with Crippen molar-refractivity contribution in [2.24, 2.45) is 0 Å². The van der Waals surface area contributed by atoms with Crippen LogP contribution in [0.15, 0.2) is 46.3 Å². The van der Waals surface area contributed by atoms with Crippen LogP contribution in [0.5, 0.6) is 0 Å². The fourth-order valence-electron chi connectivity index (χ4n) is 2.15. The van der Waals surface area contributed by atoms with Gasteiger partial charge in [0.15, 0.2) is 0 Å². The SMILES string of the molecule is Cc1nc(SCc2cc(=O)n3nc(-c4ccccc4)sc3n2)n[nH]1. The number of benzene rings is 1. The summed E-state index contributed by atoms with van der Waals surface area (Å²) in [6.45, 7) is 1.84. The lowest BCUT2D eigenvalue weighted by atomic mass is 10.2. The highest BCUT2D eigenvalue weighted by atomic mass is 32.2. The Morgan fingerprint density at radius 1 is 1.25 bits per heavy atom. The summed E-state index contributed by atoms with van der Waals surface area (Å²) in [6, 6.07) is 11.3. The van der Waals surface area contributed by atoms with Gasteiger partial charge < -0.3 is 0 Å². The number of aromatic nitrogens is 6. The highest BCUT2D eigenvalue weighted by Crippen LogP contribution is 2.24. The van der Waals surface area contributed by atoms with Crippen molar-refractivity contribution in [3.8, 4) is 10.6 Å². The molecule has 0 radical (unpaired) electrons. The summed E-state index contributed by atoms with van der Waals surface area (Å²) in [5.41, 5.74) is 1.48. The van der Waals surface area contributed by atoms with Gasteiger partial charge in [-0.2, -0.15) is 9.61 Å². The van der Waals surface area contributed by atoms with Crippen molar-refractivity contribution in [3.63, 3.8) is 0 Å². The molecule has 120 valence electrons. The van der Waals surface area contributed by atoms with Crippen LogP contribution in [0.25, 0.3) is 15.5 Å². The second-order valence-electron chi connectivity index (χ2n) is 5.05. The van der Waals surface area contributed by atoms with E-state index in [0.717, 1.165) is 16.4 Å². The molecule has 0 saturated carbocycles. The number of hydrogen-bond acceptors (Lipinski definition) is 7. The maximum Gasteiger partial charge on any atom is 0.275 e. The lowest BCUT2D eigenvalue weighted by molar-refractivity contribution is 0.891. The monoisotopic (exact) mass is 356 g/mol. The number of thioether (sulfide) groups is 1. The third-order valence-corrected chi connectivity index (χ3v) is 5.08. The van der Waals surface area contributed by atoms with Crippen LogP contribution >= 0.6 is 23.1 Å². The molecule has 0 bridgehead atoms. The highest BCUT2D eigenvalue weighted by molar-refractivity contribution is 7.98. The van der Waals surface area contributed by atoms with E-state index >= 15 is 0 Å². The van der Waals surface area contributed by atoms with E-state index in [1.165, 1.54) is 33.7 Å². The molecular formula is C15H12N6OS2. The predicted octanol–water partition coefficient (Wildman–Crippen LogP) is 2.54. The minimum absolute atomic E-state index is 0.180. The van der Waals surface area contributed by atoms with Crippen molar-refractivity contribution in [2.45, 2.75) is 17.8 Å². The van der Waals surface area contributed by atoms with Crippen molar-refractivity contribution >= 4 is 28.1 Å². The Morgan fingerprint density at radius 2 is 2.08 bits per heavy atom. The van der Waals surface area contributed by atoms with Crippen molar-refractivity contribution in [1.82, 2.24) is 29.8 Å². The third kappa shape index (κ3) is 2.95. The first-order valence-corrected chi connectivity index (χ1v) is 8.96. The Hall–Kier alpha value is -2.52. The normalized spacial score (nSPS) is 11.2. The van der Waals surface area contributed by atoms with Gasteiger partial charge in [0, 0.05) is 17.4 Å². The summed E-state index contributed by atoms with van der Waals surface area (Å²) in [5, 5.41) is 12.6. The van der Waals surface area contributed by atoms with E-state index in [0.29, 0.717) is 21.6 Å². The number of nitrogens with one attached hydrogen (secondary N) is 1. The molecule has 3 aromatic heterocycles. The molecule has 24 heavy (non-hydrogen) atoms. The third-order valence-electron chi connectivity index (χ3n) is 3.24. The lowest BCUT2D eigenvalue weighted by Gasteiger charge is -1.97. The molecule has 0 atom stereocenters. The van der Waals surface area contributed by atoms with Gasteiger partial charge in [0.2, 0.25) is 10.1 Å². The minimum Gasteiger partial charge on any atom is -0.267 e. The zero-order valence-electron chi connectivity index (χ0n) is 12.6. The van der Waals surface area contributed by atoms with Gasteiger partial charge >= 0.3 is 0 Å². The van der Waals surface area contributed by atoms with E-state index in [4.69, 9.17) is 0 Å². The number of aryl methyl sites for hydroxylation is 1. The smallest absolute Gasteiger partial charge is 0.267 e. The Kier molecular flexibility index (Phi) is 3.87. The number of aromatic amines is 1. The summed E-state index contributed by atoms with van der Waals surface area (Å²) in [5.74, 6) is 1.29. The lowest BCUT2D eigenvalue weighted by Crippen LogP contribution is -2.15. The first-order valence-electron chi connectivity index (χ1n) is 7.16. The van der Waals surface area contributed by atoms with Crippen molar-refractivity contribution < 1.29 is 0 Å². The van der Waals surface area contributed by atoms with Gasteiger partial charge in [-0.05, 0) is 6.92 Å². The molecule has 3 heterocycles. The van der Waals surface area contributed by atoms with Crippen LogP contribution in [0.3, 0.4) is 0 Å². The first kappa shape index (κ1) is 15.0. The van der Waals surface area contributed by atoms with Gasteiger partial charge in [0.1, 0.15) is 10.8 Å². The Morgan fingerprint density at radius 3 is 2.83 bits per heavy atom. The molecule has 7 nitrogen and oxygen atoms in total. The van der Waals surface area contributed by atoms with Gasteiger partial charge in [0.05, 0.1) is 5.69 Å². The molecule has 4 rings (SSSR count). The molecule has 0 aliphatic rings. The number of H-pyrrole nitrogens is 1. The predicted molar refractivity (Wildman–Crippen MR) is 93.3 cm³/mol. The molecule has 0 fully saturated rings. The molecule has 0 saturated heterocycles. The largest absolute Gasteiger partial charge is 0.275 e. The second-order valence-corrected chi connectivity index (χ2v) is 6.94. The van der Waals surface area contributed by atoms with Gasteiger partial charge in [-0.15, -0.1) is 5.10 Å². The van der Waals surface area contributed by atoms with E-state index in [1.807, 2.05) is 37.3 Å². The van der Waals surface area contributed by atoms with E-state index in [-0.39, 0.29) is 5.56 Å². The Labute approximate surface area is 144 Å². The molecule has 9 heteroatoms. The van der Waals surface area contributed by atoms with Crippen molar-refractivity contribution in [3.05, 3.63) is 58.3 Å². The van der Waals surface area contributed by atoms with E-state index < -0.39 is 0 Å². The highest BCUT2D eigenvalue weighted by Gasteiger charge is 2.11. The van der Waals surface area contributed by atoms with Crippen LogP contribution in [-0.2, 0) is 5.75 Å². The van der Waals surface area contributed by atoms with Crippen LogP contribution in [0.4, 0.5) is 0 Å². The van der Waals surface area contributed by atoms with Crippen LogP contribution in [0.1, 0.15) is 11.5 Å². The van der Waals surface area contributed by atoms with Gasteiger partial charge in [-0.25, -0.2) is 9.97 Å². The minimum atomic E-state index is -0.180. The van der Waals surface area contributed by atoms with Gasteiger partial charge in [0.25, 0.3) is 5.56 Å². The molecule has 0 aliphatic carbocycles. The zero-order chi connectivity index (χ0) is 16.5. The molecule has 0 aliphatic heterocycles. The van der Waals surface area contributed by atoms with Crippen molar-refractivity contribution in [1.29, 1.82) is 0 Å². The second kappa shape index (κ2) is 6.17. The standard InChI is InChI=1S/C15H12N6OS2/c1-9-16-14(19-18-9)23-8-11-7-12(22)21-15(17-11)24-13(20-21)10-5-3-2-4-6-10/h2-7H,8H2,1H3,(H,16,18,19). The summed E-state index contributed by atoms with van der Waals surface area (Å²) in [6.07, 6.45) is 0. The summed E-state index contributed by atoms with van der Waals surface area (Å²) < 4.78 is 1.35. The van der Waals surface area contributed by atoms with E-state index in [1.54, 1.807) is 0 Å². The van der Waals surface area contributed by atoms with Crippen LogP contribution in [-0.4, -0.2) is 29.8 Å². The average molecular weight is 356 g/mol. The molecule has 1 aromatic carbocycles. The van der Waals surface area contributed by atoms with Crippen LogP contribution in [0.2, 0.25) is 0 Å². The fourth-order valence-corrected chi connectivity index (χ4v) is 3.82. The summed E-state index contributed by atoms with van der Waals surface area (Å²) in [7, 11) is 0. The average Bonchev–Trinajstić information content (AvgIpc) is 3.20. The molecule has 1 N–H and O–H groups in total. The summed E-state index contributed by atoms with van der Waals surface area (Å²) in [4.78, 5) is 21.6. The van der Waals surface area contributed by atoms with Crippen LogP contribution in [0, 0.1) is 6.92 Å². The number of nitrogens with zero attached hydrogens (tertiary/aromatic N) is 5. The molecule has 0 amide bonds. The molecule has 0 unspecified atom stereocenters. The number of hydrogen-bond donors (Lipinski definition) is 1. The maximum atomic E-state index is 12.3. The topological polar surface area (TPSA) is 88.8 Å². The fraction of sp³-hybridized carbons (Fsp3) is 0.133. The van der Waals surface area contributed by atoms with Crippen LogP contribution < -0.4 is 5.56 Å². The Bertz CT molecular complexity index is 1050. The molecular weight excluding hydrogens is 344 g/mol. The van der Waals surface area contributed by atoms with Gasteiger partial charge in [-0.3, -0.25) is 9.89 Å². The van der Waals surface area contributed by atoms with E-state index in [2.05, 4.69) is 25.3 Å². The Balaban J connectivity index is 1.65. The van der Waals surface area contributed by atoms with Crippen molar-refractivity contribution in [2.75, 3.05) is 0 Å². The van der Waals surface area contributed by atoms with E-state index in [9.17, 15) is 4.79 Å². The molecule has 4 aromatic rings. The maximum absolute atomic E-state index is 12.3. The zero-order valence-corrected chi connectivity index (χ0v) is 14.3. The number of rotatable bonds is 4. The van der Waals surface area contributed by atoms with Gasteiger partial charge in [-0.1, -0.05) is 53.4 Å². The summed E-state index contributed by atoms with van der Waals surface area (Å²) >= 11 is 2.83. The molecule has 0 spiro atoms.